The van der Waals surface area contributed by atoms with Crippen LogP contribution in [0.15, 0.2) is 0 Å². The van der Waals surface area contributed by atoms with Gasteiger partial charge in [0, 0.05) is 6.42 Å². The monoisotopic (exact) mass is 827 g/mol. The van der Waals surface area contributed by atoms with E-state index in [1.165, 1.54) is 199 Å². The molecule has 0 saturated carbocycles. The van der Waals surface area contributed by atoms with Gasteiger partial charge in [0.25, 0.3) is 0 Å². The number of rotatable bonds is 46. The van der Waals surface area contributed by atoms with Crippen molar-refractivity contribution in [1.82, 2.24) is 0 Å². The fourth-order valence-corrected chi connectivity index (χ4v) is 7.85. The summed E-state index contributed by atoms with van der Waals surface area (Å²) in [5.74, 6) is -1.25. The Balaban J connectivity index is 3.72. The molecular weight excluding hydrogens is 729 g/mol. The molecule has 0 aliphatic heterocycles. The first kappa shape index (κ1) is 56.8. The Labute approximate surface area is 358 Å². The molecule has 0 aromatic carbocycles. The summed E-state index contributed by atoms with van der Waals surface area (Å²) in [6.07, 6.45) is 40.8. The first-order valence-electron chi connectivity index (χ1n) is 25.3. The van der Waals surface area contributed by atoms with E-state index < -0.39 is 49.6 Å². The van der Waals surface area contributed by atoms with Crippen LogP contribution in [-0.4, -0.2) is 70.0 Å². The van der Waals surface area contributed by atoms with Gasteiger partial charge in [0.2, 0.25) is 0 Å². The molecule has 5 atom stereocenters. The van der Waals surface area contributed by atoms with Crippen LogP contribution in [0, 0.1) is 5.92 Å². The van der Waals surface area contributed by atoms with Gasteiger partial charge in [0.15, 0.2) is 0 Å². The zero-order valence-corrected chi connectivity index (χ0v) is 38.6. The van der Waals surface area contributed by atoms with E-state index in [-0.39, 0.29) is 12.3 Å². The number of carbonyl (C=O) groups is 2. The summed E-state index contributed by atoms with van der Waals surface area (Å²) in [6.45, 7) is 5.36. The average Bonchev–Trinajstić information content (AvgIpc) is 3.22. The van der Waals surface area contributed by atoms with Crippen LogP contribution in [0.1, 0.15) is 265 Å². The van der Waals surface area contributed by atoms with Crippen LogP contribution in [0.25, 0.3) is 0 Å². The van der Waals surface area contributed by atoms with Crippen molar-refractivity contribution in [3.63, 3.8) is 0 Å². The number of hydrogen-bond donors (Lipinski definition) is 4. The molecule has 0 heterocycles. The smallest absolute Gasteiger partial charge is 0.308 e. The Morgan fingerprint density at radius 2 is 0.638 bits per heavy atom. The average molecular weight is 827 g/mol. The fourth-order valence-electron chi connectivity index (χ4n) is 7.85. The first-order valence-corrected chi connectivity index (χ1v) is 25.3. The quantitative estimate of drug-likeness (QED) is 0.0352. The van der Waals surface area contributed by atoms with Gasteiger partial charge >= 0.3 is 11.9 Å². The standard InChI is InChI=1S/C50H98O8/c1-4-6-8-10-12-14-16-18-20-22-23-25-27-29-31-33-35-37-39-41-47(53)57-42-45(51)48(54)49(55)46(52)43-58-50(56)44(3)40-38-36-34-32-30-28-26-24-21-19-17-15-13-11-9-7-5-2/h44-46,48-49,51-52,54-55H,4-43H2,1-3H3. The minimum Gasteiger partial charge on any atom is -0.463 e. The molecule has 346 valence electrons. The molecule has 0 bridgehead atoms. The van der Waals surface area contributed by atoms with Gasteiger partial charge in [-0.15, -0.1) is 0 Å². The Morgan fingerprint density at radius 3 is 0.948 bits per heavy atom. The fraction of sp³-hybridized carbons (Fsp3) is 0.960. The molecule has 0 amide bonds. The summed E-state index contributed by atoms with van der Waals surface area (Å²) in [7, 11) is 0. The first-order chi connectivity index (χ1) is 28.2. The van der Waals surface area contributed by atoms with Gasteiger partial charge in [-0.2, -0.15) is 0 Å². The number of ether oxygens (including phenoxy) is 2. The molecule has 0 aliphatic carbocycles. The predicted octanol–water partition coefficient (Wildman–Crippen LogP) is 13.0. The van der Waals surface area contributed by atoms with Crippen molar-refractivity contribution >= 4 is 11.9 Å². The maximum Gasteiger partial charge on any atom is 0.308 e. The second-order valence-electron chi connectivity index (χ2n) is 17.9. The largest absolute Gasteiger partial charge is 0.463 e. The Hall–Kier alpha value is -1.22. The number of hydrogen-bond acceptors (Lipinski definition) is 8. The normalized spacial score (nSPS) is 14.3. The highest BCUT2D eigenvalue weighted by molar-refractivity contribution is 5.72. The van der Waals surface area contributed by atoms with Crippen molar-refractivity contribution < 1.29 is 39.5 Å². The van der Waals surface area contributed by atoms with E-state index in [4.69, 9.17) is 9.47 Å². The van der Waals surface area contributed by atoms with E-state index >= 15 is 0 Å². The van der Waals surface area contributed by atoms with Gasteiger partial charge in [0.05, 0.1) is 5.92 Å². The summed E-state index contributed by atoms with van der Waals surface area (Å²) in [6, 6.07) is 0. The lowest BCUT2D eigenvalue weighted by atomic mass is 10.0. The molecule has 0 spiro atoms. The lowest BCUT2D eigenvalue weighted by molar-refractivity contribution is -0.164. The van der Waals surface area contributed by atoms with Crippen LogP contribution in [0.2, 0.25) is 0 Å². The summed E-state index contributed by atoms with van der Waals surface area (Å²) < 4.78 is 10.3. The number of unbranched alkanes of at least 4 members (excludes halogenated alkanes) is 34. The number of aliphatic hydroxyl groups excluding tert-OH is 4. The molecular formula is C50H98O8. The van der Waals surface area contributed by atoms with E-state index in [9.17, 15) is 30.0 Å². The van der Waals surface area contributed by atoms with Crippen LogP contribution >= 0.6 is 0 Å². The highest BCUT2D eigenvalue weighted by Gasteiger charge is 2.32. The maximum absolute atomic E-state index is 12.4. The Kier molecular flexibility index (Phi) is 42.9. The molecule has 0 radical (unpaired) electrons. The van der Waals surface area contributed by atoms with Crippen molar-refractivity contribution in [2.24, 2.45) is 5.92 Å². The second kappa shape index (κ2) is 43.9. The van der Waals surface area contributed by atoms with Crippen LogP contribution in [0.5, 0.6) is 0 Å². The van der Waals surface area contributed by atoms with Crippen LogP contribution in [0.4, 0.5) is 0 Å². The molecule has 0 aliphatic rings. The molecule has 5 unspecified atom stereocenters. The highest BCUT2D eigenvalue weighted by Crippen LogP contribution is 2.18. The minimum absolute atomic E-state index is 0.237. The van der Waals surface area contributed by atoms with Crippen LogP contribution < -0.4 is 0 Å². The zero-order valence-electron chi connectivity index (χ0n) is 38.6. The molecule has 4 N–H and O–H groups in total. The van der Waals surface area contributed by atoms with Gasteiger partial charge in [-0.1, -0.05) is 245 Å². The Bertz CT molecular complexity index is 869. The topological polar surface area (TPSA) is 134 Å². The van der Waals surface area contributed by atoms with Crippen LogP contribution in [-0.2, 0) is 19.1 Å². The summed E-state index contributed by atoms with van der Waals surface area (Å²) in [4.78, 5) is 24.6. The van der Waals surface area contributed by atoms with Gasteiger partial charge in [-0.25, -0.2) is 0 Å². The molecule has 8 nitrogen and oxygen atoms in total. The number of carbonyl (C=O) groups excluding carboxylic acids is 2. The molecule has 58 heavy (non-hydrogen) atoms. The molecule has 0 aromatic heterocycles. The van der Waals surface area contributed by atoms with Gasteiger partial charge in [0.1, 0.15) is 37.6 Å². The lowest BCUT2D eigenvalue weighted by Crippen LogP contribution is -2.48. The molecule has 0 aromatic rings. The summed E-state index contributed by atoms with van der Waals surface area (Å²) in [5.41, 5.74) is 0. The number of esters is 2. The maximum atomic E-state index is 12.4. The van der Waals surface area contributed by atoms with Gasteiger partial charge in [-0.05, 0) is 12.8 Å². The third-order valence-electron chi connectivity index (χ3n) is 12.1. The summed E-state index contributed by atoms with van der Waals surface area (Å²) in [5, 5.41) is 41.2. The third-order valence-corrected chi connectivity index (χ3v) is 12.1. The summed E-state index contributed by atoms with van der Waals surface area (Å²) >= 11 is 0. The van der Waals surface area contributed by atoms with Gasteiger partial charge < -0.3 is 29.9 Å². The van der Waals surface area contributed by atoms with E-state index in [1.807, 2.05) is 0 Å². The highest BCUT2D eigenvalue weighted by atomic mass is 16.5. The zero-order chi connectivity index (χ0) is 42.7. The number of aliphatic hydroxyl groups is 4. The predicted molar refractivity (Wildman–Crippen MR) is 242 cm³/mol. The van der Waals surface area contributed by atoms with Crippen molar-refractivity contribution in [1.29, 1.82) is 0 Å². The minimum atomic E-state index is -1.76. The van der Waals surface area contributed by atoms with Crippen molar-refractivity contribution in [2.75, 3.05) is 13.2 Å². The van der Waals surface area contributed by atoms with E-state index in [0.29, 0.717) is 12.8 Å². The Morgan fingerprint density at radius 1 is 0.379 bits per heavy atom. The van der Waals surface area contributed by atoms with E-state index in [1.54, 1.807) is 6.92 Å². The van der Waals surface area contributed by atoms with Crippen molar-refractivity contribution in [3.8, 4) is 0 Å². The molecule has 0 fully saturated rings. The molecule has 8 heteroatoms. The lowest BCUT2D eigenvalue weighted by Gasteiger charge is -2.26. The third kappa shape index (κ3) is 37.8. The van der Waals surface area contributed by atoms with Crippen molar-refractivity contribution in [3.05, 3.63) is 0 Å². The van der Waals surface area contributed by atoms with E-state index in [0.717, 1.165) is 25.7 Å². The second-order valence-corrected chi connectivity index (χ2v) is 17.9. The SMILES string of the molecule is CCCCCCCCCCCCCCCCCCCCCC(=O)OCC(O)C(O)C(O)C(O)COC(=O)C(C)CCCCCCCCCCCCCCCCCCC. The van der Waals surface area contributed by atoms with Crippen molar-refractivity contribution in [2.45, 2.75) is 289 Å². The molecule has 0 rings (SSSR count). The van der Waals surface area contributed by atoms with E-state index in [2.05, 4.69) is 13.8 Å². The van der Waals surface area contributed by atoms with Gasteiger partial charge in [-0.3, -0.25) is 9.59 Å². The van der Waals surface area contributed by atoms with Crippen LogP contribution in [0.3, 0.4) is 0 Å². The molecule has 0 saturated heterocycles.